The van der Waals surface area contributed by atoms with Crippen LogP contribution in [0.3, 0.4) is 0 Å². The van der Waals surface area contributed by atoms with Gasteiger partial charge in [0, 0.05) is 105 Å². The van der Waals surface area contributed by atoms with Gasteiger partial charge in [-0.15, -0.1) is 0 Å². The molecule has 5 fully saturated rings. The Balaban J connectivity index is 0.000000156. The number of sulfonamides is 1. The fourth-order valence-electron chi connectivity index (χ4n) is 9.96. The van der Waals surface area contributed by atoms with E-state index in [2.05, 4.69) is 79.8 Å². The van der Waals surface area contributed by atoms with Gasteiger partial charge in [0.1, 0.15) is 41.2 Å². The highest BCUT2D eigenvalue weighted by Crippen LogP contribution is 2.41. The smallest absolute Gasteiger partial charge is 0.410 e. The number of aromatic amines is 1. The van der Waals surface area contributed by atoms with E-state index in [0.717, 1.165) is 80.5 Å². The Morgan fingerprint density at radius 2 is 1.12 bits per heavy atom. The molecule has 2 unspecified atom stereocenters. The Morgan fingerprint density at radius 3 is 1.60 bits per heavy atom. The maximum Gasteiger partial charge on any atom is 0.410 e. The van der Waals surface area contributed by atoms with E-state index < -0.39 is 37.7 Å². The van der Waals surface area contributed by atoms with Crippen molar-refractivity contribution in [3.05, 3.63) is 71.0 Å². The van der Waals surface area contributed by atoms with E-state index in [4.69, 9.17) is 19.2 Å². The molecule has 3 saturated carbocycles. The maximum absolute atomic E-state index is 13.3. The lowest BCUT2D eigenvalue weighted by molar-refractivity contribution is 0.0288. The number of ether oxygens (including phenoxy) is 3. The Bertz CT molecular complexity index is 3470. The van der Waals surface area contributed by atoms with Crippen LogP contribution in [0.2, 0.25) is 51.4 Å². The summed E-state index contributed by atoms with van der Waals surface area (Å²) in [7, 11) is -5.47. The summed E-state index contributed by atoms with van der Waals surface area (Å²) in [4.78, 5) is 81.7. The summed E-state index contributed by atoms with van der Waals surface area (Å²) >= 11 is 0. The third kappa shape index (κ3) is 17.0. The molecule has 3 amide bonds. The molecule has 0 radical (unpaired) electrons. The molecule has 2 atom stereocenters. The fourth-order valence-corrected chi connectivity index (χ4v) is 12.4. The first-order valence-electron chi connectivity index (χ1n) is 29.6. The van der Waals surface area contributed by atoms with Crippen LogP contribution in [0, 0.1) is 11.8 Å². The SMILES string of the molecule is CC(C)(C)OC(=O)N1CCC(CNC(=O)c2cn(COCC[Si](C)(C)C)c3ncc(C4CC4)nc23)C1.CS(=O)(=O)N1CCC(CNC(=O)c2c[nH]c3ncc(C4CC4)nc23)C1.C[Si](C)(C)CCOCn1cc(C(=O)O)c2nc(C3CC3)cnc21. The fraction of sp³-hybridized carbons (Fsp3) is 0.621. The normalized spacial score (nSPS) is 18.6. The van der Waals surface area contributed by atoms with Crippen molar-refractivity contribution >= 4 is 83.5 Å². The van der Waals surface area contributed by atoms with Crippen molar-refractivity contribution in [1.82, 2.24) is 63.9 Å². The van der Waals surface area contributed by atoms with Gasteiger partial charge in [-0.2, -0.15) is 0 Å². The van der Waals surface area contributed by atoms with Gasteiger partial charge in [0.15, 0.2) is 16.9 Å². The molecule has 0 aromatic carbocycles. The minimum absolute atomic E-state index is 0.136. The molecule has 8 heterocycles. The van der Waals surface area contributed by atoms with E-state index in [1.54, 1.807) is 34.3 Å². The number of nitrogens with one attached hydrogen (secondary N) is 3. The van der Waals surface area contributed by atoms with Crippen molar-refractivity contribution < 1.29 is 46.9 Å². The number of carboxylic acid groups (broad SMARTS) is 1. The predicted octanol–water partition coefficient (Wildman–Crippen LogP) is 8.77. The van der Waals surface area contributed by atoms with Crippen LogP contribution in [0.4, 0.5) is 4.79 Å². The minimum Gasteiger partial charge on any atom is -0.478 e. The van der Waals surface area contributed by atoms with Crippen molar-refractivity contribution in [2.45, 2.75) is 160 Å². The second-order valence-electron chi connectivity index (χ2n) is 26.8. The van der Waals surface area contributed by atoms with Gasteiger partial charge in [0.05, 0.1) is 53.1 Å². The van der Waals surface area contributed by atoms with E-state index in [1.165, 1.54) is 10.6 Å². The lowest BCUT2D eigenvalue weighted by Crippen LogP contribution is -2.36. The van der Waals surface area contributed by atoms with Crippen LogP contribution in [0.15, 0.2) is 37.2 Å². The number of amides is 3. The molecule has 0 bridgehead atoms. The second-order valence-corrected chi connectivity index (χ2v) is 40.0. The number of likely N-dealkylation sites (tertiary alicyclic amines) is 1. The monoisotopic (exact) mass is 1210 g/mol. The summed E-state index contributed by atoms with van der Waals surface area (Å²) in [6, 6.07) is 2.16. The number of carbonyl (C=O) groups is 4. The van der Waals surface area contributed by atoms with Crippen LogP contribution >= 0.6 is 0 Å². The first-order chi connectivity index (χ1) is 39.7. The Labute approximate surface area is 493 Å². The summed E-state index contributed by atoms with van der Waals surface area (Å²) < 4.78 is 45.4. The van der Waals surface area contributed by atoms with E-state index in [-0.39, 0.29) is 35.3 Å². The molecule has 26 heteroatoms. The molecule has 2 aliphatic heterocycles. The second kappa shape index (κ2) is 25.8. The molecule has 11 rings (SSSR count). The highest BCUT2D eigenvalue weighted by Gasteiger charge is 2.34. The van der Waals surface area contributed by atoms with Gasteiger partial charge in [0.2, 0.25) is 10.0 Å². The quantitative estimate of drug-likeness (QED) is 0.0387. The molecular formula is C58H85N13O10SSi2. The molecule has 3 aliphatic carbocycles. The summed E-state index contributed by atoms with van der Waals surface area (Å²) in [5.74, 6) is 0.354. The number of hydrogen-bond donors (Lipinski definition) is 4. The molecule has 456 valence electrons. The molecule has 23 nitrogen and oxygen atoms in total. The average molecular weight is 1210 g/mol. The molecule has 4 N–H and O–H groups in total. The molecule has 0 spiro atoms. The third-order valence-corrected chi connectivity index (χ3v) is 20.2. The third-order valence-electron chi connectivity index (χ3n) is 15.5. The van der Waals surface area contributed by atoms with Gasteiger partial charge in [-0.25, -0.2) is 52.2 Å². The van der Waals surface area contributed by atoms with Crippen LogP contribution in [0.25, 0.3) is 33.5 Å². The van der Waals surface area contributed by atoms with Gasteiger partial charge in [-0.05, 0) is 96.1 Å². The molecule has 5 aliphatic rings. The number of H-pyrrole nitrogens is 1. The zero-order valence-electron chi connectivity index (χ0n) is 50.5. The highest BCUT2D eigenvalue weighted by molar-refractivity contribution is 7.88. The number of fused-ring (bicyclic) bond motifs is 3. The number of carboxylic acids is 1. The summed E-state index contributed by atoms with van der Waals surface area (Å²) in [5.41, 5.74) is 7.07. The summed E-state index contributed by atoms with van der Waals surface area (Å²) in [6.45, 7) is 24.6. The number of aromatic carboxylic acids is 1. The van der Waals surface area contributed by atoms with Crippen LogP contribution in [-0.2, 0) is 37.7 Å². The number of aromatic nitrogens is 9. The van der Waals surface area contributed by atoms with Crippen molar-refractivity contribution in [2.24, 2.45) is 11.8 Å². The van der Waals surface area contributed by atoms with Crippen molar-refractivity contribution in [1.29, 1.82) is 0 Å². The first-order valence-corrected chi connectivity index (χ1v) is 38.9. The van der Waals surface area contributed by atoms with Crippen LogP contribution in [0.5, 0.6) is 0 Å². The van der Waals surface area contributed by atoms with Crippen LogP contribution in [0.1, 0.15) is 138 Å². The first kappa shape index (κ1) is 62.3. The number of carbonyl (C=O) groups excluding carboxylic acids is 3. The van der Waals surface area contributed by atoms with Crippen molar-refractivity contribution in [3.63, 3.8) is 0 Å². The van der Waals surface area contributed by atoms with Gasteiger partial charge >= 0.3 is 12.1 Å². The largest absolute Gasteiger partial charge is 0.478 e. The lowest BCUT2D eigenvalue weighted by atomic mass is 10.1. The van der Waals surface area contributed by atoms with E-state index in [1.807, 2.05) is 37.7 Å². The molecule has 84 heavy (non-hydrogen) atoms. The van der Waals surface area contributed by atoms with Gasteiger partial charge in [-0.1, -0.05) is 39.3 Å². The van der Waals surface area contributed by atoms with Crippen LogP contribution < -0.4 is 10.6 Å². The molecular weight excluding hydrogens is 1130 g/mol. The lowest BCUT2D eigenvalue weighted by Gasteiger charge is -2.24. The topological polar surface area (TPSA) is 284 Å². The Morgan fingerprint density at radius 1 is 0.655 bits per heavy atom. The van der Waals surface area contributed by atoms with Crippen LogP contribution in [-0.4, -0.2) is 171 Å². The van der Waals surface area contributed by atoms with Crippen molar-refractivity contribution in [3.8, 4) is 0 Å². The van der Waals surface area contributed by atoms with E-state index >= 15 is 0 Å². The molecule has 6 aromatic rings. The average Bonchev–Trinajstić information content (AvgIpc) is 2.88. The number of nitrogens with zero attached hydrogens (tertiary/aromatic N) is 10. The highest BCUT2D eigenvalue weighted by atomic mass is 32.2. The van der Waals surface area contributed by atoms with E-state index in [9.17, 15) is 32.7 Å². The number of hydrogen-bond acceptors (Lipinski definition) is 15. The maximum atomic E-state index is 13.3. The summed E-state index contributed by atoms with van der Waals surface area (Å²) in [6.07, 6.45) is 19.7. The summed E-state index contributed by atoms with van der Waals surface area (Å²) in [5, 5.41) is 15.4. The van der Waals surface area contributed by atoms with Gasteiger partial charge in [0.25, 0.3) is 11.8 Å². The minimum atomic E-state index is -3.16. The Hall–Kier alpha value is -6.20. The molecule has 6 aromatic heterocycles. The zero-order valence-corrected chi connectivity index (χ0v) is 53.3. The zero-order chi connectivity index (χ0) is 60.3. The van der Waals surface area contributed by atoms with Gasteiger partial charge < -0.3 is 49.0 Å². The molecule has 2 saturated heterocycles. The van der Waals surface area contributed by atoms with Gasteiger partial charge in [-0.3, -0.25) is 9.59 Å². The number of rotatable bonds is 21. The standard InChI is InChI=1S/C26H41N5O4Si.C16H21N5O3S.C16H23N3O3Si/c1-26(2,3)35-25(33)30-10-9-18(15-30)13-28-24(32)20-16-31(17-34-11-12-36(4,5)6)23-22(20)29-21(14-27-23)19-7-8-19;1-25(23,24)21-5-4-10(9-21)6-19-16(22)12-7-17-15-14(12)20-13(8-18-15)11-2-3-11;1-23(2,3)7-6-22-10-19-9-12(16(20)21)14-15(19)17-8-13(18-14)11-4-5-11/h14,16,18-19H,7-13,15,17H2,1-6H3,(H,28,32);7-8,10-11H,2-6,9H2,1H3,(H,17,18)(H,19,22);8-9,11H,4-7,10H2,1-3H3,(H,20,21). The van der Waals surface area contributed by atoms with E-state index in [0.29, 0.717) is 128 Å². The Kier molecular flexibility index (Phi) is 19.1. The predicted molar refractivity (Wildman–Crippen MR) is 325 cm³/mol. The van der Waals surface area contributed by atoms with Crippen molar-refractivity contribution in [2.75, 3.05) is 58.7 Å².